The summed E-state index contributed by atoms with van der Waals surface area (Å²) in [5.74, 6) is -0.0791. The van der Waals surface area contributed by atoms with E-state index in [1.807, 2.05) is 68.4 Å². The summed E-state index contributed by atoms with van der Waals surface area (Å²) in [6, 6.07) is 23.4. The van der Waals surface area contributed by atoms with E-state index in [1.165, 1.54) is 24.3 Å². The fourth-order valence-electron chi connectivity index (χ4n) is 3.00. The van der Waals surface area contributed by atoms with E-state index in [1.54, 1.807) is 0 Å². The molecule has 144 valence electrons. The largest absolute Gasteiger partial charge is 0.481 e. The molecule has 0 radical (unpaired) electrons. The van der Waals surface area contributed by atoms with E-state index in [2.05, 4.69) is 5.32 Å². The van der Waals surface area contributed by atoms with Gasteiger partial charge in [-0.3, -0.25) is 4.79 Å². The van der Waals surface area contributed by atoms with Gasteiger partial charge in [-0.15, -0.1) is 0 Å². The second-order valence-electron chi connectivity index (χ2n) is 6.73. The van der Waals surface area contributed by atoms with Gasteiger partial charge >= 0.3 is 0 Å². The molecule has 0 saturated carbocycles. The van der Waals surface area contributed by atoms with Crippen molar-refractivity contribution >= 4 is 5.91 Å². The molecule has 28 heavy (non-hydrogen) atoms. The highest BCUT2D eigenvalue weighted by Crippen LogP contribution is 2.23. The van der Waals surface area contributed by atoms with Crippen molar-refractivity contribution < 1.29 is 13.9 Å². The van der Waals surface area contributed by atoms with E-state index >= 15 is 0 Å². The molecule has 0 bridgehead atoms. The van der Waals surface area contributed by atoms with Crippen molar-refractivity contribution in [1.29, 1.82) is 0 Å². The van der Waals surface area contributed by atoms with Crippen LogP contribution in [-0.4, -0.2) is 12.0 Å². The van der Waals surface area contributed by atoms with Crippen molar-refractivity contribution in [3.8, 4) is 5.75 Å². The Bertz CT molecular complexity index is 892. The van der Waals surface area contributed by atoms with Crippen LogP contribution in [0.4, 0.5) is 4.39 Å². The van der Waals surface area contributed by atoms with Crippen LogP contribution in [0.25, 0.3) is 0 Å². The minimum Gasteiger partial charge on any atom is -0.481 e. The van der Waals surface area contributed by atoms with Gasteiger partial charge in [-0.05, 0) is 48.7 Å². The molecular weight excluding hydrogens is 353 g/mol. The van der Waals surface area contributed by atoms with Crippen LogP contribution in [0, 0.1) is 12.7 Å². The summed E-state index contributed by atoms with van der Waals surface area (Å²) in [5, 5.41) is 3.11. The van der Waals surface area contributed by atoms with Crippen molar-refractivity contribution in [1.82, 2.24) is 5.32 Å². The summed E-state index contributed by atoms with van der Waals surface area (Å²) in [6.07, 6.45) is -0.166. The van der Waals surface area contributed by atoms with Crippen LogP contribution >= 0.6 is 0 Å². The van der Waals surface area contributed by atoms with Crippen LogP contribution in [0.2, 0.25) is 0 Å². The predicted molar refractivity (Wildman–Crippen MR) is 109 cm³/mol. The van der Waals surface area contributed by atoms with E-state index in [-0.39, 0.29) is 17.8 Å². The molecule has 0 saturated heterocycles. The van der Waals surface area contributed by atoms with Gasteiger partial charge in [0, 0.05) is 0 Å². The number of benzene rings is 3. The summed E-state index contributed by atoms with van der Waals surface area (Å²) >= 11 is 0. The van der Waals surface area contributed by atoms with Gasteiger partial charge in [0.25, 0.3) is 5.91 Å². The molecule has 0 aliphatic carbocycles. The molecule has 0 aliphatic rings. The number of halogens is 1. The van der Waals surface area contributed by atoms with E-state index in [0.717, 1.165) is 16.7 Å². The third-order valence-corrected chi connectivity index (χ3v) is 4.59. The fraction of sp³-hybridized carbons (Fsp3) is 0.208. The second-order valence-corrected chi connectivity index (χ2v) is 6.73. The lowest BCUT2D eigenvalue weighted by atomic mass is 9.97. The number of carbonyl (C=O) groups excluding carboxylic acids is 1. The van der Waals surface area contributed by atoms with Gasteiger partial charge in [0.1, 0.15) is 11.6 Å². The Morgan fingerprint density at radius 3 is 2.14 bits per heavy atom. The van der Waals surface area contributed by atoms with Crippen LogP contribution in [0.5, 0.6) is 5.75 Å². The number of aryl methyl sites for hydroxylation is 1. The zero-order valence-corrected chi connectivity index (χ0v) is 16.1. The number of carbonyl (C=O) groups is 1. The Labute approximate surface area is 165 Å². The standard InChI is InChI=1S/C24H24FNO2/c1-3-22(28-21-15-13-20(25)14-16-21)24(27)26-23(18-7-5-4-6-8-18)19-11-9-17(2)10-12-19/h4-16,22-23H,3H2,1-2H3,(H,26,27). The zero-order chi connectivity index (χ0) is 19.9. The number of hydrogen-bond acceptors (Lipinski definition) is 2. The minimum absolute atomic E-state index is 0.207. The van der Waals surface area contributed by atoms with E-state index in [0.29, 0.717) is 12.2 Å². The van der Waals surface area contributed by atoms with Gasteiger partial charge in [0.05, 0.1) is 6.04 Å². The first-order valence-electron chi connectivity index (χ1n) is 9.41. The van der Waals surface area contributed by atoms with Gasteiger partial charge < -0.3 is 10.1 Å². The van der Waals surface area contributed by atoms with Crippen molar-refractivity contribution in [2.24, 2.45) is 0 Å². The first-order valence-corrected chi connectivity index (χ1v) is 9.41. The van der Waals surface area contributed by atoms with Crippen LogP contribution in [0.15, 0.2) is 78.9 Å². The molecule has 0 heterocycles. The number of nitrogens with one attached hydrogen (secondary N) is 1. The topological polar surface area (TPSA) is 38.3 Å². The van der Waals surface area contributed by atoms with Gasteiger partial charge in [-0.25, -0.2) is 4.39 Å². The Kier molecular flexibility index (Phi) is 6.43. The highest BCUT2D eigenvalue weighted by Gasteiger charge is 2.23. The maximum absolute atomic E-state index is 13.1. The second kappa shape index (κ2) is 9.18. The molecule has 3 aromatic carbocycles. The Balaban J connectivity index is 1.81. The van der Waals surface area contributed by atoms with Crippen molar-refractivity contribution in [2.75, 3.05) is 0 Å². The van der Waals surface area contributed by atoms with Crippen LogP contribution in [0.1, 0.15) is 36.1 Å². The van der Waals surface area contributed by atoms with Crippen molar-refractivity contribution in [3.63, 3.8) is 0 Å². The number of ether oxygens (including phenoxy) is 1. The summed E-state index contributed by atoms with van der Waals surface area (Å²) in [5.41, 5.74) is 3.16. The normalized spacial score (nSPS) is 12.8. The fourth-order valence-corrected chi connectivity index (χ4v) is 3.00. The molecule has 4 heteroatoms. The minimum atomic E-state index is -0.665. The van der Waals surface area contributed by atoms with Crippen molar-refractivity contribution in [2.45, 2.75) is 32.4 Å². The summed E-state index contributed by atoms with van der Waals surface area (Å²) < 4.78 is 18.9. The SMILES string of the molecule is CCC(Oc1ccc(F)cc1)C(=O)NC(c1ccccc1)c1ccc(C)cc1. The number of rotatable bonds is 7. The highest BCUT2D eigenvalue weighted by atomic mass is 19.1. The smallest absolute Gasteiger partial charge is 0.261 e. The quantitative estimate of drug-likeness (QED) is 0.615. The molecule has 2 atom stereocenters. The maximum atomic E-state index is 13.1. The lowest BCUT2D eigenvalue weighted by molar-refractivity contribution is -0.128. The van der Waals surface area contributed by atoms with Gasteiger partial charge in [-0.1, -0.05) is 67.1 Å². The monoisotopic (exact) mass is 377 g/mol. The first kappa shape index (κ1) is 19.6. The van der Waals surface area contributed by atoms with E-state index < -0.39 is 6.10 Å². The third-order valence-electron chi connectivity index (χ3n) is 4.59. The Morgan fingerprint density at radius 1 is 0.929 bits per heavy atom. The zero-order valence-electron chi connectivity index (χ0n) is 16.1. The van der Waals surface area contributed by atoms with Crippen LogP contribution in [-0.2, 0) is 4.79 Å². The predicted octanol–water partition coefficient (Wildman–Crippen LogP) is 5.20. The lowest BCUT2D eigenvalue weighted by Gasteiger charge is -2.24. The Morgan fingerprint density at radius 2 is 1.54 bits per heavy atom. The maximum Gasteiger partial charge on any atom is 0.261 e. The molecule has 0 aromatic heterocycles. The Hall–Kier alpha value is -3.14. The van der Waals surface area contributed by atoms with Crippen molar-refractivity contribution in [3.05, 3.63) is 101 Å². The summed E-state index contributed by atoms with van der Waals surface area (Å²) in [7, 11) is 0. The number of hydrogen-bond donors (Lipinski definition) is 1. The van der Waals surface area contributed by atoms with Crippen LogP contribution in [0.3, 0.4) is 0 Å². The molecule has 3 rings (SSSR count). The first-order chi connectivity index (χ1) is 13.6. The van der Waals surface area contributed by atoms with E-state index in [9.17, 15) is 9.18 Å². The molecule has 0 fully saturated rings. The van der Waals surface area contributed by atoms with Gasteiger partial charge in [0.2, 0.25) is 0 Å². The molecular formula is C24H24FNO2. The van der Waals surface area contributed by atoms with Gasteiger partial charge in [0.15, 0.2) is 6.10 Å². The molecule has 2 unspecified atom stereocenters. The molecule has 3 nitrogen and oxygen atoms in total. The highest BCUT2D eigenvalue weighted by molar-refractivity contribution is 5.82. The summed E-state index contributed by atoms with van der Waals surface area (Å²) in [4.78, 5) is 13.0. The average molecular weight is 377 g/mol. The molecule has 1 N–H and O–H groups in total. The molecule has 1 amide bonds. The lowest BCUT2D eigenvalue weighted by Crippen LogP contribution is -2.40. The third kappa shape index (κ3) is 4.97. The van der Waals surface area contributed by atoms with Crippen LogP contribution < -0.4 is 10.1 Å². The number of amides is 1. The molecule has 0 spiro atoms. The summed E-state index contributed by atoms with van der Waals surface area (Å²) in [6.45, 7) is 3.92. The molecule has 0 aliphatic heterocycles. The van der Waals surface area contributed by atoms with E-state index in [4.69, 9.17) is 4.74 Å². The van der Waals surface area contributed by atoms with Gasteiger partial charge in [-0.2, -0.15) is 0 Å². The average Bonchev–Trinajstić information content (AvgIpc) is 2.73. The molecule has 3 aromatic rings.